The highest BCUT2D eigenvalue weighted by Gasteiger charge is 2.29. The van der Waals surface area contributed by atoms with Crippen molar-refractivity contribution in [2.75, 3.05) is 19.7 Å². The number of benzene rings is 1. The number of amides is 1. The molecule has 1 heterocycles. The molecule has 1 aliphatic rings. The summed E-state index contributed by atoms with van der Waals surface area (Å²) in [4.78, 5) is 25.2. The standard InChI is InChI=1S/C15H17F2NO3/c1-2-21-15(20)10-6-8-18(9-7-10)14(19)11-4-3-5-12(16)13(11)17/h3-5,10H,2,6-9H2,1H3. The third kappa shape index (κ3) is 3.37. The van der Waals surface area contributed by atoms with Crippen LogP contribution in [0.5, 0.6) is 0 Å². The lowest BCUT2D eigenvalue weighted by Gasteiger charge is -2.31. The Balaban J connectivity index is 2.00. The van der Waals surface area contributed by atoms with Crippen molar-refractivity contribution in [2.24, 2.45) is 5.92 Å². The molecule has 0 N–H and O–H groups in total. The van der Waals surface area contributed by atoms with Gasteiger partial charge in [-0.15, -0.1) is 0 Å². The summed E-state index contributed by atoms with van der Waals surface area (Å²) in [6.07, 6.45) is 0.947. The second kappa shape index (κ2) is 6.65. The number of rotatable bonds is 3. The molecule has 1 saturated heterocycles. The molecule has 0 aliphatic carbocycles. The number of likely N-dealkylation sites (tertiary alicyclic amines) is 1. The molecule has 21 heavy (non-hydrogen) atoms. The van der Waals surface area contributed by atoms with Crippen molar-refractivity contribution in [1.82, 2.24) is 4.90 Å². The van der Waals surface area contributed by atoms with E-state index in [0.717, 1.165) is 6.07 Å². The van der Waals surface area contributed by atoms with Crippen LogP contribution in [0, 0.1) is 17.6 Å². The largest absolute Gasteiger partial charge is 0.466 e. The second-order valence-electron chi connectivity index (χ2n) is 4.92. The molecule has 1 aromatic rings. The Hall–Kier alpha value is -1.98. The smallest absolute Gasteiger partial charge is 0.309 e. The average Bonchev–Trinajstić information content (AvgIpc) is 2.50. The third-order valence-electron chi connectivity index (χ3n) is 3.58. The summed E-state index contributed by atoms with van der Waals surface area (Å²) in [6.45, 7) is 2.73. The van der Waals surface area contributed by atoms with Gasteiger partial charge in [-0.1, -0.05) is 6.07 Å². The number of carbonyl (C=O) groups is 2. The number of ether oxygens (including phenoxy) is 1. The second-order valence-corrected chi connectivity index (χ2v) is 4.92. The van der Waals surface area contributed by atoms with Crippen LogP contribution in [0.3, 0.4) is 0 Å². The SMILES string of the molecule is CCOC(=O)C1CCN(C(=O)c2cccc(F)c2F)CC1. The maximum Gasteiger partial charge on any atom is 0.309 e. The minimum absolute atomic E-state index is 0.230. The molecule has 0 unspecified atom stereocenters. The summed E-state index contributed by atoms with van der Waals surface area (Å²) in [5.74, 6) is -3.21. The molecule has 0 radical (unpaired) electrons. The van der Waals surface area contributed by atoms with Crippen LogP contribution in [0.4, 0.5) is 8.78 Å². The molecule has 0 spiro atoms. The number of esters is 1. The monoisotopic (exact) mass is 297 g/mol. The Labute approximate surface area is 121 Å². The summed E-state index contributed by atoms with van der Waals surface area (Å²) in [7, 11) is 0. The zero-order valence-electron chi connectivity index (χ0n) is 11.8. The van der Waals surface area contributed by atoms with Crippen LogP contribution >= 0.6 is 0 Å². The predicted octanol–water partition coefficient (Wildman–Crippen LogP) is 2.38. The zero-order valence-corrected chi connectivity index (χ0v) is 11.8. The van der Waals surface area contributed by atoms with E-state index in [1.165, 1.54) is 17.0 Å². The highest BCUT2D eigenvalue weighted by Crippen LogP contribution is 2.21. The number of halogens is 2. The lowest BCUT2D eigenvalue weighted by atomic mass is 9.96. The van der Waals surface area contributed by atoms with Crippen LogP contribution in [0.2, 0.25) is 0 Å². The quantitative estimate of drug-likeness (QED) is 0.805. The Morgan fingerprint density at radius 3 is 2.57 bits per heavy atom. The van der Waals surface area contributed by atoms with E-state index in [2.05, 4.69) is 0 Å². The van der Waals surface area contributed by atoms with Crippen LogP contribution in [-0.4, -0.2) is 36.5 Å². The van der Waals surface area contributed by atoms with Gasteiger partial charge in [0.2, 0.25) is 0 Å². The van der Waals surface area contributed by atoms with E-state index in [9.17, 15) is 18.4 Å². The van der Waals surface area contributed by atoms with E-state index >= 15 is 0 Å². The van der Waals surface area contributed by atoms with Crippen molar-refractivity contribution in [3.8, 4) is 0 Å². The van der Waals surface area contributed by atoms with Gasteiger partial charge < -0.3 is 9.64 Å². The first-order chi connectivity index (χ1) is 10.0. The molecular weight excluding hydrogens is 280 g/mol. The van der Waals surface area contributed by atoms with Gasteiger partial charge in [-0.2, -0.15) is 0 Å². The van der Waals surface area contributed by atoms with Gasteiger partial charge in [-0.25, -0.2) is 8.78 Å². The highest BCUT2D eigenvalue weighted by atomic mass is 19.2. The number of piperidine rings is 1. The topological polar surface area (TPSA) is 46.6 Å². The van der Waals surface area contributed by atoms with Crippen molar-refractivity contribution in [3.63, 3.8) is 0 Å². The fourth-order valence-electron chi connectivity index (χ4n) is 2.42. The molecule has 0 bridgehead atoms. The van der Waals surface area contributed by atoms with Gasteiger partial charge >= 0.3 is 5.97 Å². The molecular formula is C15H17F2NO3. The number of hydrogen-bond acceptors (Lipinski definition) is 3. The molecule has 1 fully saturated rings. The first kappa shape index (κ1) is 15.4. The van der Waals surface area contributed by atoms with E-state index in [1.807, 2.05) is 0 Å². The fourth-order valence-corrected chi connectivity index (χ4v) is 2.42. The molecule has 0 atom stereocenters. The first-order valence-electron chi connectivity index (χ1n) is 6.94. The summed E-state index contributed by atoms with van der Waals surface area (Å²) in [5, 5.41) is 0. The van der Waals surface area contributed by atoms with E-state index in [4.69, 9.17) is 4.74 Å². The van der Waals surface area contributed by atoms with Crippen LogP contribution < -0.4 is 0 Å². The van der Waals surface area contributed by atoms with E-state index < -0.39 is 17.5 Å². The predicted molar refractivity (Wildman–Crippen MR) is 71.6 cm³/mol. The molecule has 1 aliphatic heterocycles. The van der Waals surface area contributed by atoms with Gasteiger partial charge in [0.1, 0.15) is 0 Å². The molecule has 6 heteroatoms. The molecule has 0 aromatic heterocycles. The van der Waals surface area contributed by atoms with Gasteiger partial charge in [-0.05, 0) is 31.9 Å². The van der Waals surface area contributed by atoms with Gasteiger partial charge in [0.05, 0.1) is 18.1 Å². The molecule has 114 valence electrons. The van der Waals surface area contributed by atoms with E-state index in [-0.39, 0.29) is 17.5 Å². The Kier molecular flexibility index (Phi) is 4.88. The molecule has 4 nitrogen and oxygen atoms in total. The summed E-state index contributed by atoms with van der Waals surface area (Å²) in [6, 6.07) is 3.54. The first-order valence-corrected chi connectivity index (χ1v) is 6.94. The van der Waals surface area contributed by atoms with Crippen LogP contribution in [0.1, 0.15) is 30.1 Å². The normalized spacial score (nSPS) is 15.9. The lowest BCUT2D eigenvalue weighted by molar-refractivity contribution is -0.149. The maximum atomic E-state index is 13.6. The molecule has 1 amide bonds. The highest BCUT2D eigenvalue weighted by molar-refractivity contribution is 5.94. The molecule has 1 aromatic carbocycles. The van der Waals surface area contributed by atoms with Gasteiger partial charge in [0.15, 0.2) is 11.6 Å². The van der Waals surface area contributed by atoms with Crippen molar-refractivity contribution in [1.29, 1.82) is 0 Å². The fraction of sp³-hybridized carbons (Fsp3) is 0.467. The average molecular weight is 297 g/mol. The minimum atomic E-state index is -1.13. The van der Waals surface area contributed by atoms with Crippen LogP contribution in [0.25, 0.3) is 0 Å². The van der Waals surface area contributed by atoms with Gasteiger partial charge in [0, 0.05) is 13.1 Å². The number of nitrogens with zero attached hydrogens (tertiary/aromatic N) is 1. The molecule has 2 rings (SSSR count). The summed E-state index contributed by atoms with van der Waals surface area (Å²) >= 11 is 0. The minimum Gasteiger partial charge on any atom is -0.466 e. The summed E-state index contributed by atoms with van der Waals surface area (Å²) < 4.78 is 31.7. The third-order valence-corrected chi connectivity index (χ3v) is 3.58. The Bertz CT molecular complexity index is 540. The van der Waals surface area contributed by atoms with E-state index in [0.29, 0.717) is 32.5 Å². The number of carbonyl (C=O) groups excluding carboxylic acids is 2. The Morgan fingerprint density at radius 2 is 1.95 bits per heavy atom. The maximum absolute atomic E-state index is 13.6. The van der Waals surface area contributed by atoms with Crippen LogP contribution in [0.15, 0.2) is 18.2 Å². The van der Waals surface area contributed by atoms with Gasteiger partial charge in [-0.3, -0.25) is 9.59 Å². The van der Waals surface area contributed by atoms with Crippen molar-refractivity contribution >= 4 is 11.9 Å². The zero-order chi connectivity index (χ0) is 15.4. The lowest BCUT2D eigenvalue weighted by Crippen LogP contribution is -2.41. The number of hydrogen-bond donors (Lipinski definition) is 0. The van der Waals surface area contributed by atoms with Crippen molar-refractivity contribution < 1.29 is 23.1 Å². The van der Waals surface area contributed by atoms with E-state index in [1.54, 1.807) is 6.92 Å². The summed E-state index contributed by atoms with van der Waals surface area (Å²) in [5.41, 5.74) is -0.274. The van der Waals surface area contributed by atoms with Gasteiger partial charge in [0.25, 0.3) is 5.91 Å². The van der Waals surface area contributed by atoms with Crippen molar-refractivity contribution in [3.05, 3.63) is 35.4 Å². The molecule has 0 saturated carbocycles. The van der Waals surface area contributed by atoms with Crippen molar-refractivity contribution in [2.45, 2.75) is 19.8 Å². The van der Waals surface area contributed by atoms with Crippen LogP contribution in [-0.2, 0) is 9.53 Å². The Morgan fingerprint density at radius 1 is 1.29 bits per heavy atom.